The first-order chi connectivity index (χ1) is 9.93. The van der Waals surface area contributed by atoms with Crippen molar-refractivity contribution in [3.8, 4) is 0 Å². The molecule has 20 heavy (non-hydrogen) atoms. The van der Waals surface area contributed by atoms with Crippen molar-refractivity contribution >= 4 is 0 Å². The van der Waals surface area contributed by atoms with Gasteiger partial charge in [0.1, 0.15) is 0 Å². The molecule has 1 aliphatic heterocycles. The summed E-state index contributed by atoms with van der Waals surface area (Å²) in [5, 5.41) is 3.47. The number of piperidine rings is 1. The van der Waals surface area contributed by atoms with Crippen LogP contribution >= 0.6 is 0 Å². The molecule has 0 atom stereocenters. The van der Waals surface area contributed by atoms with E-state index in [0.29, 0.717) is 5.92 Å². The van der Waals surface area contributed by atoms with Gasteiger partial charge in [-0.1, -0.05) is 60.7 Å². The predicted molar refractivity (Wildman–Crippen MR) is 84.9 cm³/mol. The van der Waals surface area contributed by atoms with E-state index in [1.165, 1.54) is 43.5 Å². The Morgan fingerprint density at radius 1 is 0.800 bits per heavy atom. The Balaban J connectivity index is 1.83. The number of nitrogens with one attached hydrogen (secondary N) is 1. The van der Waals surface area contributed by atoms with Gasteiger partial charge >= 0.3 is 0 Å². The Morgan fingerprint density at radius 3 is 1.80 bits per heavy atom. The summed E-state index contributed by atoms with van der Waals surface area (Å²) >= 11 is 0. The highest BCUT2D eigenvalue weighted by molar-refractivity contribution is 5.32. The van der Waals surface area contributed by atoms with Crippen molar-refractivity contribution in [2.45, 2.75) is 25.2 Å². The van der Waals surface area contributed by atoms with Crippen molar-refractivity contribution in [2.75, 3.05) is 13.1 Å². The minimum Gasteiger partial charge on any atom is -0.317 e. The maximum atomic E-state index is 3.47. The van der Waals surface area contributed by atoms with Crippen LogP contribution in [0.15, 0.2) is 60.7 Å². The molecule has 1 N–H and O–H groups in total. The number of rotatable bonds is 4. The van der Waals surface area contributed by atoms with Crippen LogP contribution in [0.5, 0.6) is 0 Å². The van der Waals surface area contributed by atoms with Crippen molar-refractivity contribution in [3.63, 3.8) is 0 Å². The summed E-state index contributed by atoms with van der Waals surface area (Å²) in [5.41, 5.74) is 2.91. The SMILES string of the molecule is c1ccc(C(CC2CCNCC2)c2ccccc2)cc1. The van der Waals surface area contributed by atoms with Gasteiger partial charge in [-0.25, -0.2) is 0 Å². The zero-order valence-electron chi connectivity index (χ0n) is 12.0. The summed E-state index contributed by atoms with van der Waals surface area (Å²) < 4.78 is 0. The van der Waals surface area contributed by atoms with E-state index in [-0.39, 0.29) is 0 Å². The molecule has 1 nitrogen and oxygen atoms in total. The molecule has 3 rings (SSSR count). The van der Waals surface area contributed by atoms with E-state index in [4.69, 9.17) is 0 Å². The third-order valence-corrected chi connectivity index (χ3v) is 4.43. The lowest BCUT2D eigenvalue weighted by Gasteiger charge is -2.27. The van der Waals surface area contributed by atoms with Gasteiger partial charge in [-0.05, 0) is 49.4 Å². The molecule has 0 aromatic heterocycles. The van der Waals surface area contributed by atoms with Crippen LogP contribution < -0.4 is 5.32 Å². The first-order valence-electron chi connectivity index (χ1n) is 7.74. The van der Waals surface area contributed by atoms with Gasteiger partial charge in [0.2, 0.25) is 0 Å². The lowest BCUT2D eigenvalue weighted by atomic mass is 9.80. The number of hydrogen-bond donors (Lipinski definition) is 1. The van der Waals surface area contributed by atoms with Crippen molar-refractivity contribution in [1.29, 1.82) is 0 Å². The summed E-state index contributed by atoms with van der Waals surface area (Å²) in [5.74, 6) is 1.39. The second-order valence-electron chi connectivity index (χ2n) is 5.80. The van der Waals surface area contributed by atoms with Crippen LogP contribution in [0.1, 0.15) is 36.3 Å². The van der Waals surface area contributed by atoms with Crippen LogP contribution in [0.25, 0.3) is 0 Å². The molecule has 1 fully saturated rings. The highest BCUT2D eigenvalue weighted by atomic mass is 14.9. The molecule has 2 aromatic rings. The zero-order valence-corrected chi connectivity index (χ0v) is 12.0. The second kappa shape index (κ2) is 6.71. The van der Waals surface area contributed by atoms with Crippen molar-refractivity contribution in [3.05, 3.63) is 71.8 Å². The minimum atomic E-state index is 0.542. The average Bonchev–Trinajstić information content (AvgIpc) is 2.55. The van der Waals surface area contributed by atoms with Gasteiger partial charge in [0.05, 0.1) is 0 Å². The summed E-state index contributed by atoms with van der Waals surface area (Å²) in [7, 11) is 0. The Labute approximate surface area is 122 Å². The van der Waals surface area contributed by atoms with Crippen LogP contribution in [0.4, 0.5) is 0 Å². The van der Waals surface area contributed by atoms with Crippen LogP contribution in [-0.2, 0) is 0 Å². The van der Waals surface area contributed by atoms with Crippen molar-refractivity contribution in [2.24, 2.45) is 5.92 Å². The molecule has 1 saturated heterocycles. The molecule has 1 heterocycles. The average molecular weight is 265 g/mol. The van der Waals surface area contributed by atoms with Crippen LogP contribution in [-0.4, -0.2) is 13.1 Å². The van der Waals surface area contributed by atoms with E-state index in [9.17, 15) is 0 Å². The van der Waals surface area contributed by atoms with E-state index in [0.717, 1.165) is 5.92 Å². The summed E-state index contributed by atoms with van der Waals surface area (Å²) in [6, 6.07) is 22.0. The summed E-state index contributed by atoms with van der Waals surface area (Å²) in [6.45, 7) is 2.36. The summed E-state index contributed by atoms with van der Waals surface area (Å²) in [4.78, 5) is 0. The van der Waals surface area contributed by atoms with Gasteiger partial charge in [0.15, 0.2) is 0 Å². The Kier molecular flexibility index (Phi) is 4.49. The maximum Gasteiger partial charge on any atom is 0.00919 e. The zero-order chi connectivity index (χ0) is 13.6. The third-order valence-electron chi connectivity index (χ3n) is 4.43. The fourth-order valence-electron chi connectivity index (χ4n) is 3.29. The van der Waals surface area contributed by atoms with E-state index in [1.54, 1.807) is 0 Å². The van der Waals surface area contributed by atoms with E-state index < -0.39 is 0 Å². The van der Waals surface area contributed by atoms with Gasteiger partial charge in [-0.2, -0.15) is 0 Å². The van der Waals surface area contributed by atoms with Crippen molar-refractivity contribution in [1.82, 2.24) is 5.32 Å². The number of benzene rings is 2. The quantitative estimate of drug-likeness (QED) is 0.873. The molecule has 1 aliphatic rings. The summed E-state index contributed by atoms with van der Waals surface area (Å²) in [6.07, 6.45) is 3.90. The molecular weight excluding hydrogens is 242 g/mol. The predicted octanol–water partition coefficient (Wildman–Crippen LogP) is 4.21. The third kappa shape index (κ3) is 3.29. The molecule has 1 heteroatoms. The Morgan fingerprint density at radius 2 is 1.30 bits per heavy atom. The van der Waals surface area contributed by atoms with E-state index >= 15 is 0 Å². The van der Waals surface area contributed by atoms with E-state index in [1.807, 2.05) is 0 Å². The Hall–Kier alpha value is -1.60. The largest absolute Gasteiger partial charge is 0.317 e. The molecule has 0 aliphatic carbocycles. The smallest absolute Gasteiger partial charge is 0.00919 e. The molecule has 0 spiro atoms. The van der Waals surface area contributed by atoms with E-state index in [2.05, 4.69) is 66.0 Å². The first-order valence-corrected chi connectivity index (χ1v) is 7.74. The Bertz CT molecular complexity index is 460. The molecule has 0 radical (unpaired) electrons. The fourth-order valence-corrected chi connectivity index (χ4v) is 3.29. The molecule has 0 amide bonds. The first kappa shape index (κ1) is 13.4. The van der Waals surface area contributed by atoms with Gasteiger partial charge in [0.25, 0.3) is 0 Å². The molecular formula is C19H23N. The normalized spacial score (nSPS) is 16.4. The lowest BCUT2D eigenvalue weighted by molar-refractivity contribution is 0.342. The molecule has 2 aromatic carbocycles. The highest BCUT2D eigenvalue weighted by Crippen LogP contribution is 2.33. The molecule has 0 bridgehead atoms. The minimum absolute atomic E-state index is 0.542. The molecule has 104 valence electrons. The number of hydrogen-bond acceptors (Lipinski definition) is 1. The van der Waals surface area contributed by atoms with Crippen LogP contribution in [0, 0.1) is 5.92 Å². The van der Waals surface area contributed by atoms with Gasteiger partial charge in [0, 0.05) is 5.92 Å². The standard InChI is InChI=1S/C19H23N/c1-3-7-17(8-4-1)19(18-9-5-2-6-10-18)15-16-11-13-20-14-12-16/h1-10,16,19-20H,11-15H2. The maximum absolute atomic E-state index is 3.47. The van der Waals surface area contributed by atoms with Crippen LogP contribution in [0.2, 0.25) is 0 Å². The topological polar surface area (TPSA) is 12.0 Å². The lowest BCUT2D eigenvalue weighted by Crippen LogP contribution is -2.28. The van der Waals surface area contributed by atoms with Gasteiger partial charge in [-0.3, -0.25) is 0 Å². The van der Waals surface area contributed by atoms with Crippen LogP contribution in [0.3, 0.4) is 0 Å². The van der Waals surface area contributed by atoms with Gasteiger partial charge in [-0.15, -0.1) is 0 Å². The second-order valence-corrected chi connectivity index (χ2v) is 5.80. The van der Waals surface area contributed by atoms with Gasteiger partial charge < -0.3 is 5.32 Å². The monoisotopic (exact) mass is 265 g/mol. The molecule has 0 saturated carbocycles. The van der Waals surface area contributed by atoms with Crippen molar-refractivity contribution < 1.29 is 0 Å². The highest BCUT2D eigenvalue weighted by Gasteiger charge is 2.21. The molecule has 0 unspecified atom stereocenters. The fraction of sp³-hybridized carbons (Fsp3) is 0.368.